The number of aromatic amines is 1. The molecular formula is C11H13N3O2. The van der Waals surface area contributed by atoms with Gasteiger partial charge in [0, 0.05) is 6.07 Å². The van der Waals surface area contributed by atoms with Crippen molar-refractivity contribution in [3.63, 3.8) is 0 Å². The van der Waals surface area contributed by atoms with E-state index in [-0.39, 0.29) is 11.1 Å². The second-order valence-corrected chi connectivity index (χ2v) is 4.80. The molecule has 0 aliphatic heterocycles. The quantitative estimate of drug-likeness (QED) is 0.592. The Labute approximate surface area is 92.7 Å². The molecular weight excluding hydrogens is 206 g/mol. The van der Waals surface area contributed by atoms with Gasteiger partial charge in [0.25, 0.3) is 5.69 Å². The maximum Gasteiger partial charge on any atom is 0.297 e. The van der Waals surface area contributed by atoms with Gasteiger partial charge >= 0.3 is 0 Å². The molecule has 2 aromatic rings. The molecule has 0 fully saturated rings. The highest BCUT2D eigenvalue weighted by atomic mass is 16.6. The van der Waals surface area contributed by atoms with Crippen molar-refractivity contribution < 1.29 is 4.92 Å². The van der Waals surface area contributed by atoms with Gasteiger partial charge in [-0.1, -0.05) is 20.8 Å². The molecule has 0 radical (unpaired) electrons. The Balaban J connectivity index is 2.76. The first-order valence-corrected chi connectivity index (χ1v) is 5.01. The predicted molar refractivity (Wildman–Crippen MR) is 61.4 cm³/mol. The van der Waals surface area contributed by atoms with Crippen LogP contribution < -0.4 is 0 Å². The van der Waals surface area contributed by atoms with Gasteiger partial charge in [0.1, 0.15) is 0 Å². The molecule has 2 rings (SSSR count). The first-order chi connectivity index (χ1) is 7.39. The molecule has 5 heteroatoms. The average Bonchev–Trinajstić information content (AvgIpc) is 2.61. The Morgan fingerprint density at radius 3 is 2.62 bits per heavy atom. The van der Waals surface area contributed by atoms with Gasteiger partial charge in [-0.25, -0.2) is 4.98 Å². The number of imidazole rings is 1. The first kappa shape index (κ1) is 10.6. The van der Waals surface area contributed by atoms with Crippen LogP contribution in [0.1, 0.15) is 26.3 Å². The van der Waals surface area contributed by atoms with Crippen molar-refractivity contribution in [3.05, 3.63) is 34.1 Å². The van der Waals surface area contributed by atoms with E-state index in [2.05, 4.69) is 9.97 Å². The summed E-state index contributed by atoms with van der Waals surface area (Å²) in [5.41, 5.74) is 1.99. The zero-order valence-electron chi connectivity index (χ0n) is 9.44. The molecule has 0 saturated heterocycles. The van der Waals surface area contributed by atoms with Crippen molar-refractivity contribution in [2.75, 3.05) is 0 Å². The number of H-pyrrole nitrogens is 1. The van der Waals surface area contributed by atoms with Crippen LogP contribution in [0.4, 0.5) is 5.69 Å². The van der Waals surface area contributed by atoms with Crippen LogP contribution in [0.3, 0.4) is 0 Å². The molecule has 0 atom stereocenters. The fourth-order valence-electron chi connectivity index (χ4n) is 1.60. The topological polar surface area (TPSA) is 71.8 Å². The molecule has 1 aromatic carbocycles. The summed E-state index contributed by atoms with van der Waals surface area (Å²) >= 11 is 0. The van der Waals surface area contributed by atoms with Crippen LogP contribution in [-0.4, -0.2) is 14.9 Å². The van der Waals surface area contributed by atoms with Crippen LogP contribution in [0.25, 0.3) is 11.0 Å². The molecule has 0 spiro atoms. The number of benzene rings is 1. The number of hydrogen-bond acceptors (Lipinski definition) is 3. The van der Waals surface area contributed by atoms with Gasteiger partial charge in [0.2, 0.25) is 0 Å². The monoisotopic (exact) mass is 219 g/mol. The second-order valence-electron chi connectivity index (χ2n) is 4.80. The van der Waals surface area contributed by atoms with E-state index in [1.807, 2.05) is 26.8 Å². The molecule has 84 valence electrons. The van der Waals surface area contributed by atoms with E-state index in [1.54, 1.807) is 6.07 Å². The Morgan fingerprint density at radius 2 is 2.06 bits per heavy atom. The molecule has 5 nitrogen and oxygen atoms in total. The summed E-state index contributed by atoms with van der Waals surface area (Å²) in [4.78, 5) is 17.4. The normalized spacial score (nSPS) is 11.9. The van der Waals surface area contributed by atoms with Crippen molar-refractivity contribution in [1.82, 2.24) is 9.97 Å². The Kier molecular flexibility index (Phi) is 2.18. The van der Waals surface area contributed by atoms with Gasteiger partial charge < -0.3 is 4.98 Å². The number of aromatic nitrogens is 2. The molecule has 1 N–H and O–H groups in total. The zero-order chi connectivity index (χ0) is 11.9. The van der Waals surface area contributed by atoms with Crippen LogP contribution in [0.2, 0.25) is 0 Å². The average molecular weight is 219 g/mol. The van der Waals surface area contributed by atoms with Crippen LogP contribution >= 0.6 is 0 Å². The molecule has 0 aliphatic rings. The van der Waals surface area contributed by atoms with E-state index < -0.39 is 4.92 Å². The Hall–Kier alpha value is -1.91. The maximum absolute atomic E-state index is 10.9. The predicted octanol–water partition coefficient (Wildman–Crippen LogP) is 2.77. The van der Waals surface area contributed by atoms with Gasteiger partial charge in [-0.05, 0) is 17.0 Å². The highest BCUT2D eigenvalue weighted by Gasteiger charge is 2.21. The summed E-state index contributed by atoms with van der Waals surface area (Å²) in [5, 5.41) is 10.9. The van der Waals surface area contributed by atoms with Crippen molar-refractivity contribution in [2.45, 2.75) is 26.2 Å². The van der Waals surface area contributed by atoms with E-state index >= 15 is 0 Å². The van der Waals surface area contributed by atoms with Gasteiger partial charge in [0.15, 0.2) is 5.52 Å². The lowest BCUT2D eigenvalue weighted by atomic mass is 9.86. The molecule has 1 heterocycles. The number of nitro benzene ring substituents is 1. The molecule has 0 aliphatic carbocycles. The van der Waals surface area contributed by atoms with Crippen molar-refractivity contribution in [2.24, 2.45) is 0 Å². The third-order valence-corrected chi connectivity index (χ3v) is 2.57. The lowest BCUT2D eigenvalue weighted by molar-refractivity contribution is -0.383. The number of hydrogen-bond donors (Lipinski definition) is 1. The standard InChI is InChI=1S/C11H13N3O2/c1-11(2,3)7-4-8-10(13-6-12-8)9(5-7)14(15)16/h4-6H,1-3H3,(H,12,13). The smallest absolute Gasteiger partial charge is 0.297 e. The van der Waals surface area contributed by atoms with E-state index in [0.717, 1.165) is 5.56 Å². The number of fused-ring (bicyclic) bond motifs is 1. The number of nitrogens with zero attached hydrogens (tertiary/aromatic N) is 2. The zero-order valence-corrected chi connectivity index (χ0v) is 9.44. The second kappa shape index (κ2) is 3.30. The highest BCUT2D eigenvalue weighted by molar-refractivity contribution is 5.85. The molecule has 0 saturated carbocycles. The van der Waals surface area contributed by atoms with Gasteiger partial charge in [-0.2, -0.15) is 0 Å². The number of rotatable bonds is 1. The van der Waals surface area contributed by atoms with E-state index in [1.165, 1.54) is 6.33 Å². The Morgan fingerprint density at radius 1 is 1.38 bits per heavy atom. The van der Waals surface area contributed by atoms with Gasteiger partial charge in [0.05, 0.1) is 16.8 Å². The van der Waals surface area contributed by atoms with Crippen LogP contribution in [0.15, 0.2) is 18.5 Å². The number of nitrogens with one attached hydrogen (secondary N) is 1. The number of non-ortho nitro benzene ring substituents is 1. The van der Waals surface area contributed by atoms with Crippen molar-refractivity contribution in [1.29, 1.82) is 0 Å². The lowest BCUT2D eigenvalue weighted by Gasteiger charge is -2.18. The number of nitro groups is 1. The Bertz CT molecular complexity index is 552. The summed E-state index contributed by atoms with van der Waals surface area (Å²) in [5.74, 6) is 0. The fourth-order valence-corrected chi connectivity index (χ4v) is 1.60. The molecule has 0 amide bonds. The minimum absolute atomic E-state index is 0.0590. The minimum atomic E-state index is -0.390. The van der Waals surface area contributed by atoms with Crippen molar-refractivity contribution >= 4 is 16.7 Å². The van der Waals surface area contributed by atoms with E-state index in [4.69, 9.17) is 0 Å². The van der Waals surface area contributed by atoms with E-state index in [0.29, 0.717) is 11.0 Å². The van der Waals surface area contributed by atoms with Crippen LogP contribution in [0, 0.1) is 10.1 Å². The minimum Gasteiger partial charge on any atom is -0.344 e. The molecule has 16 heavy (non-hydrogen) atoms. The van der Waals surface area contributed by atoms with Crippen LogP contribution in [-0.2, 0) is 5.41 Å². The summed E-state index contributed by atoms with van der Waals surface area (Å²) in [7, 11) is 0. The summed E-state index contributed by atoms with van der Waals surface area (Å²) in [6.45, 7) is 6.07. The summed E-state index contributed by atoms with van der Waals surface area (Å²) in [6.07, 6.45) is 1.48. The van der Waals surface area contributed by atoms with E-state index in [9.17, 15) is 10.1 Å². The molecule has 0 bridgehead atoms. The summed E-state index contributed by atoms with van der Waals surface area (Å²) < 4.78 is 0. The van der Waals surface area contributed by atoms with Crippen molar-refractivity contribution in [3.8, 4) is 0 Å². The van der Waals surface area contributed by atoms with Gasteiger partial charge in [-0.15, -0.1) is 0 Å². The maximum atomic E-state index is 10.9. The highest BCUT2D eigenvalue weighted by Crippen LogP contribution is 2.31. The van der Waals surface area contributed by atoms with Crippen LogP contribution in [0.5, 0.6) is 0 Å². The fraction of sp³-hybridized carbons (Fsp3) is 0.364. The lowest BCUT2D eigenvalue weighted by Crippen LogP contribution is -2.11. The SMILES string of the molecule is CC(C)(C)c1cc([N+](=O)[O-])c2nc[nH]c2c1. The molecule has 1 aromatic heterocycles. The largest absolute Gasteiger partial charge is 0.344 e. The third kappa shape index (κ3) is 1.64. The molecule has 0 unspecified atom stereocenters. The first-order valence-electron chi connectivity index (χ1n) is 5.01. The summed E-state index contributed by atoms with van der Waals surface area (Å²) in [6, 6.07) is 3.51. The van der Waals surface area contributed by atoms with Gasteiger partial charge in [-0.3, -0.25) is 10.1 Å². The third-order valence-electron chi connectivity index (χ3n) is 2.57.